The molecule has 2 aromatic rings. The molecule has 6 heteroatoms. The van der Waals surface area contributed by atoms with Gasteiger partial charge in [0.25, 0.3) is 0 Å². The minimum absolute atomic E-state index is 0.0608. The standard InChI is InChI=1S/C12H8F3NO2/c13-12(14,15)8-3-1-2-7(4-8)9-5-16-6-10(9)11(17)18/h1-6,16H,(H,17,18). The van der Waals surface area contributed by atoms with Crippen molar-refractivity contribution in [3.63, 3.8) is 0 Å². The van der Waals surface area contributed by atoms with Gasteiger partial charge in [-0.1, -0.05) is 12.1 Å². The van der Waals surface area contributed by atoms with Gasteiger partial charge in [0.1, 0.15) is 0 Å². The van der Waals surface area contributed by atoms with E-state index in [0.717, 1.165) is 12.1 Å². The number of aromatic carboxylic acids is 1. The molecule has 2 N–H and O–H groups in total. The summed E-state index contributed by atoms with van der Waals surface area (Å²) in [6.45, 7) is 0. The number of rotatable bonds is 2. The van der Waals surface area contributed by atoms with E-state index in [-0.39, 0.29) is 16.7 Å². The van der Waals surface area contributed by atoms with Crippen LogP contribution in [0.2, 0.25) is 0 Å². The first-order valence-electron chi connectivity index (χ1n) is 4.97. The minimum atomic E-state index is -4.45. The van der Waals surface area contributed by atoms with E-state index in [1.165, 1.54) is 24.5 Å². The van der Waals surface area contributed by atoms with Crippen LogP contribution >= 0.6 is 0 Å². The van der Waals surface area contributed by atoms with Crippen molar-refractivity contribution in [1.29, 1.82) is 0 Å². The third kappa shape index (κ3) is 2.22. The molecule has 0 atom stereocenters. The zero-order valence-electron chi connectivity index (χ0n) is 8.95. The van der Waals surface area contributed by atoms with Gasteiger partial charge in [0.2, 0.25) is 0 Å². The molecule has 0 aliphatic heterocycles. The molecule has 0 spiro atoms. The number of aromatic nitrogens is 1. The average Bonchev–Trinajstić information content (AvgIpc) is 2.77. The Kier molecular flexibility index (Phi) is 2.86. The normalized spacial score (nSPS) is 11.5. The molecule has 3 nitrogen and oxygen atoms in total. The lowest BCUT2D eigenvalue weighted by atomic mass is 10.0. The van der Waals surface area contributed by atoms with Crippen LogP contribution in [0.25, 0.3) is 11.1 Å². The van der Waals surface area contributed by atoms with Gasteiger partial charge in [-0.15, -0.1) is 0 Å². The molecular weight excluding hydrogens is 247 g/mol. The van der Waals surface area contributed by atoms with Crippen molar-refractivity contribution < 1.29 is 23.1 Å². The summed E-state index contributed by atoms with van der Waals surface area (Å²) in [7, 11) is 0. The van der Waals surface area contributed by atoms with Gasteiger partial charge in [0.15, 0.2) is 0 Å². The monoisotopic (exact) mass is 255 g/mol. The van der Waals surface area contributed by atoms with Gasteiger partial charge in [0, 0.05) is 18.0 Å². The van der Waals surface area contributed by atoms with E-state index in [9.17, 15) is 18.0 Å². The fourth-order valence-corrected chi connectivity index (χ4v) is 1.64. The van der Waals surface area contributed by atoms with Crippen molar-refractivity contribution in [2.75, 3.05) is 0 Å². The molecule has 0 aliphatic carbocycles. The number of aromatic amines is 1. The van der Waals surface area contributed by atoms with Crippen LogP contribution in [-0.2, 0) is 6.18 Å². The number of hydrogen-bond acceptors (Lipinski definition) is 1. The highest BCUT2D eigenvalue weighted by Gasteiger charge is 2.30. The smallest absolute Gasteiger partial charge is 0.416 e. The second-order valence-corrected chi connectivity index (χ2v) is 3.67. The number of hydrogen-bond donors (Lipinski definition) is 2. The predicted octanol–water partition coefficient (Wildman–Crippen LogP) is 3.40. The number of halogens is 3. The lowest BCUT2D eigenvalue weighted by molar-refractivity contribution is -0.137. The maximum absolute atomic E-state index is 12.5. The van der Waals surface area contributed by atoms with Gasteiger partial charge in [-0.05, 0) is 17.7 Å². The first-order valence-corrected chi connectivity index (χ1v) is 4.97. The van der Waals surface area contributed by atoms with E-state index in [0.29, 0.717) is 0 Å². The van der Waals surface area contributed by atoms with Crippen molar-refractivity contribution in [2.45, 2.75) is 6.18 Å². The predicted molar refractivity (Wildman–Crippen MR) is 58.2 cm³/mol. The average molecular weight is 255 g/mol. The molecule has 0 saturated carbocycles. The van der Waals surface area contributed by atoms with Crippen LogP contribution in [0.5, 0.6) is 0 Å². The highest BCUT2D eigenvalue weighted by Crippen LogP contribution is 2.33. The summed E-state index contributed by atoms with van der Waals surface area (Å²) in [6.07, 6.45) is -1.85. The summed E-state index contributed by atoms with van der Waals surface area (Å²) in [5.41, 5.74) is -0.427. The van der Waals surface area contributed by atoms with Gasteiger partial charge >= 0.3 is 12.1 Å². The number of carboxylic acids is 1. The first-order chi connectivity index (χ1) is 8.39. The van der Waals surface area contributed by atoms with Crippen molar-refractivity contribution >= 4 is 5.97 Å². The largest absolute Gasteiger partial charge is 0.478 e. The zero-order valence-corrected chi connectivity index (χ0v) is 8.95. The Hall–Kier alpha value is -2.24. The fraction of sp³-hybridized carbons (Fsp3) is 0.0833. The van der Waals surface area contributed by atoms with Crippen molar-refractivity contribution in [2.24, 2.45) is 0 Å². The highest BCUT2D eigenvalue weighted by molar-refractivity contribution is 5.95. The van der Waals surface area contributed by atoms with Crippen LogP contribution in [0.4, 0.5) is 13.2 Å². The molecule has 0 saturated heterocycles. The molecule has 0 fully saturated rings. The van der Waals surface area contributed by atoms with E-state index >= 15 is 0 Å². The quantitative estimate of drug-likeness (QED) is 0.864. The molecule has 0 aliphatic rings. The van der Waals surface area contributed by atoms with Crippen molar-refractivity contribution in [1.82, 2.24) is 4.98 Å². The molecule has 1 aromatic heterocycles. The zero-order chi connectivity index (χ0) is 13.3. The number of carbonyl (C=O) groups is 1. The molecule has 1 heterocycles. The Morgan fingerprint density at radius 2 is 1.94 bits per heavy atom. The summed E-state index contributed by atoms with van der Waals surface area (Å²) < 4.78 is 37.6. The molecule has 2 rings (SSSR count). The highest BCUT2D eigenvalue weighted by atomic mass is 19.4. The van der Waals surface area contributed by atoms with Crippen LogP contribution in [0.3, 0.4) is 0 Å². The summed E-state index contributed by atoms with van der Waals surface area (Å²) in [6, 6.07) is 4.55. The fourth-order valence-electron chi connectivity index (χ4n) is 1.64. The van der Waals surface area contributed by atoms with Gasteiger partial charge < -0.3 is 10.1 Å². The molecule has 0 radical (unpaired) electrons. The number of alkyl halides is 3. The van der Waals surface area contributed by atoms with Crippen LogP contribution in [0.1, 0.15) is 15.9 Å². The molecule has 0 unspecified atom stereocenters. The SMILES string of the molecule is O=C(O)c1c[nH]cc1-c1cccc(C(F)(F)F)c1. The number of carboxylic acid groups (broad SMARTS) is 1. The second kappa shape index (κ2) is 4.21. The van der Waals surface area contributed by atoms with Gasteiger partial charge in [-0.2, -0.15) is 13.2 Å². The van der Waals surface area contributed by atoms with Crippen LogP contribution in [-0.4, -0.2) is 16.1 Å². The summed E-state index contributed by atoms with van der Waals surface area (Å²) in [5.74, 6) is -1.19. The van der Waals surface area contributed by atoms with Crippen molar-refractivity contribution in [3.05, 3.63) is 47.8 Å². The van der Waals surface area contributed by atoms with Gasteiger partial charge in [0.05, 0.1) is 11.1 Å². The Bertz CT molecular complexity index is 587. The third-order valence-electron chi connectivity index (χ3n) is 2.48. The van der Waals surface area contributed by atoms with E-state index in [1.54, 1.807) is 0 Å². The third-order valence-corrected chi connectivity index (χ3v) is 2.48. The van der Waals surface area contributed by atoms with E-state index in [4.69, 9.17) is 5.11 Å². The molecular formula is C12H8F3NO2. The summed E-state index contributed by atoms with van der Waals surface area (Å²) in [5, 5.41) is 8.90. The van der Waals surface area contributed by atoms with Crippen LogP contribution in [0, 0.1) is 0 Å². The topological polar surface area (TPSA) is 53.1 Å². The molecule has 94 valence electrons. The van der Waals surface area contributed by atoms with E-state index < -0.39 is 17.7 Å². The van der Waals surface area contributed by atoms with E-state index in [1.807, 2.05) is 0 Å². The minimum Gasteiger partial charge on any atom is -0.478 e. The number of nitrogens with one attached hydrogen (secondary N) is 1. The Balaban J connectivity index is 2.52. The first kappa shape index (κ1) is 12.2. The summed E-state index contributed by atoms with van der Waals surface area (Å²) >= 11 is 0. The molecule has 0 bridgehead atoms. The van der Waals surface area contributed by atoms with Crippen LogP contribution in [0.15, 0.2) is 36.7 Å². The number of H-pyrrole nitrogens is 1. The second-order valence-electron chi connectivity index (χ2n) is 3.67. The Morgan fingerprint density at radius 3 is 2.56 bits per heavy atom. The van der Waals surface area contributed by atoms with Crippen molar-refractivity contribution in [3.8, 4) is 11.1 Å². The molecule has 18 heavy (non-hydrogen) atoms. The van der Waals surface area contributed by atoms with E-state index in [2.05, 4.69) is 4.98 Å². The lowest BCUT2D eigenvalue weighted by Crippen LogP contribution is -2.04. The summed E-state index contributed by atoms with van der Waals surface area (Å²) in [4.78, 5) is 13.5. The Morgan fingerprint density at radius 1 is 1.22 bits per heavy atom. The molecule has 1 aromatic carbocycles. The maximum atomic E-state index is 12.5. The lowest BCUT2D eigenvalue weighted by Gasteiger charge is -2.08. The number of benzene rings is 1. The van der Waals surface area contributed by atoms with Gasteiger partial charge in [-0.25, -0.2) is 4.79 Å². The maximum Gasteiger partial charge on any atom is 0.416 e. The van der Waals surface area contributed by atoms with Gasteiger partial charge in [-0.3, -0.25) is 0 Å². The Labute approximate surface area is 99.9 Å². The molecule has 0 amide bonds. The van der Waals surface area contributed by atoms with Crippen LogP contribution < -0.4 is 0 Å².